The molecule has 0 bridgehead atoms. The maximum atomic E-state index is 9.24. The van der Waals surface area contributed by atoms with E-state index >= 15 is 0 Å². The van der Waals surface area contributed by atoms with Crippen LogP contribution < -0.4 is 5.73 Å². The Morgan fingerprint density at radius 2 is 1.88 bits per heavy atom. The lowest BCUT2D eigenvalue weighted by molar-refractivity contribution is -0.135. The molecule has 0 aromatic heterocycles. The Labute approximate surface area is 59.2 Å². The minimum absolute atomic E-state index is 0. The van der Waals surface area contributed by atoms with Crippen LogP contribution in [0, 0.1) is 0 Å². The average Bonchev–Trinajstić information content (AvgIpc) is 1.73. The van der Waals surface area contributed by atoms with Gasteiger partial charge in [-0.3, -0.25) is 4.79 Å². The van der Waals surface area contributed by atoms with E-state index in [4.69, 9.17) is 5.11 Å². The second kappa shape index (κ2) is 15.7. The molecule has 0 rings (SSSR count). The van der Waals surface area contributed by atoms with Crippen molar-refractivity contribution in [1.29, 1.82) is 0 Å². The molecule has 3 nitrogen and oxygen atoms in total. The highest BCUT2D eigenvalue weighted by Gasteiger charge is 1.81. The highest BCUT2D eigenvalue weighted by atomic mass is 35.5. The van der Waals surface area contributed by atoms with Crippen LogP contribution in [-0.2, 0) is 4.79 Å². The summed E-state index contributed by atoms with van der Waals surface area (Å²) in [5, 5.41) is 7.60. The van der Waals surface area contributed by atoms with Crippen LogP contribution in [0.1, 0.15) is 0 Å². The summed E-state index contributed by atoms with van der Waals surface area (Å²) in [5.74, 6) is -0.968. The summed E-state index contributed by atoms with van der Waals surface area (Å²) in [6.07, 6.45) is 1.47. The SMILES string of the molecule is CCl.Cl.NCC(=O)O. The number of hydrogen-bond donors (Lipinski definition) is 2. The highest BCUT2D eigenvalue weighted by molar-refractivity contribution is 6.15. The molecule has 0 unspecified atom stereocenters. The van der Waals surface area contributed by atoms with Gasteiger partial charge in [-0.1, -0.05) is 0 Å². The third-order valence-electron chi connectivity index (χ3n) is 0.175. The summed E-state index contributed by atoms with van der Waals surface area (Å²) in [5.41, 5.74) is 4.57. The first-order valence-electron chi connectivity index (χ1n) is 1.57. The van der Waals surface area contributed by atoms with E-state index in [-0.39, 0.29) is 19.0 Å². The van der Waals surface area contributed by atoms with Gasteiger partial charge in [0.2, 0.25) is 0 Å². The fourth-order valence-electron chi connectivity index (χ4n) is 0. The van der Waals surface area contributed by atoms with Crippen LogP contribution >= 0.6 is 24.0 Å². The topological polar surface area (TPSA) is 63.3 Å². The highest BCUT2D eigenvalue weighted by Crippen LogP contribution is 1.43. The summed E-state index contributed by atoms with van der Waals surface area (Å²) < 4.78 is 0. The van der Waals surface area contributed by atoms with Gasteiger partial charge in [-0.15, -0.1) is 24.0 Å². The van der Waals surface area contributed by atoms with Gasteiger partial charge in [0.15, 0.2) is 0 Å². The maximum absolute atomic E-state index is 9.24. The van der Waals surface area contributed by atoms with Crippen molar-refractivity contribution in [2.45, 2.75) is 0 Å². The van der Waals surface area contributed by atoms with Gasteiger partial charge in [0.25, 0.3) is 0 Å². The molecule has 0 saturated heterocycles. The van der Waals surface area contributed by atoms with E-state index < -0.39 is 5.97 Å². The van der Waals surface area contributed by atoms with Crippen molar-refractivity contribution < 1.29 is 9.90 Å². The van der Waals surface area contributed by atoms with Gasteiger partial charge in [-0.25, -0.2) is 0 Å². The molecule has 0 aliphatic rings. The van der Waals surface area contributed by atoms with Crippen LogP contribution in [0.4, 0.5) is 0 Å². The van der Waals surface area contributed by atoms with Gasteiger partial charge in [0, 0.05) is 6.38 Å². The molecule has 0 aliphatic heterocycles. The van der Waals surface area contributed by atoms with E-state index in [0.717, 1.165) is 0 Å². The fraction of sp³-hybridized carbons (Fsp3) is 0.667. The van der Waals surface area contributed by atoms with Crippen molar-refractivity contribution in [3.05, 3.63) is 0 Å². The molecule has 0 aromatic carbocycles. The molecule has 0 atom stereocenters. The molecular formula is C3H9Cl2NO2. The van der Waals surface area contributed by atoms with Gasteiger partial charge in [0.1, 0.15) is 0 Å². The smallest absolute Gasteiger partial charge is 0.317 e. The number of carboxylic acids is 1. The minimum Gasteiger partial charge on any atom is -0.480 e. The molecule has 0 heterocycles. The molecule has 0 spiro atoms. The lowest BCUT2D eigenvalue weighted by Gasteiger charge is -1.73. The van der Waals surface area contributed by atoms with E-state index in [0.29, 0.717) is 0 Å². The minimum atomic E-state index is -0.968. The first-order valence-corrected chi connectivity index (χ1v) is 2.32. The van der Waals surface area contributed by atoms with Crippen LogP contribution in [0.3, 0.4) is 0 Å². The van der Waals surface area contributed by atoms with E-state index in [1.807, 2.05) is 0 Å². The lowest BCUT2D eigenvalue weighted by Crippen LogP contribution is -2.10. The molecule has 52 valence electrons. The Bertz CT molecular complexity index is 50.5. The third-order valence-corrected chi connectivity index (χ3v) is 0.175. The zero-order valence-electron chi connectivity index (χ0n) is 4.43. The summed E-state index contributed by atoms with van der Waals surface area (Å²) in [4.78, 5) is 9.24. The Hall–Kier alpha value is 0.01000. The third kappa shape index (κ3) is 37.3. The Balaban J connectivity index is -0.0000000750. The second-order valence-electron chi connectivity index (χ2n) is 0.598. The normalized spacial score (nSPS) is 5.38. The van der Waals surface area contributed by atoms with Crippen molar-refractivity contribution in [1.82, 2.24) is 0 Å². The first-order chi connectivity index (χ1) is 3.27. The van der Waals surface area contributed by atoms with Gasteiger partial charge < -0.3 is 10.8 Å². The molecule has 5 heteroatoms. The van der Waals surface area contributed by atoms with Gasteiger partial charge in [0.05, 0.1) is 6.54 Å². The number of aliphatic carboxylic acids is 1. The van der Waals surface area contributed by atoms with E-state index in [9.17, 15) is 4.79 Å². The van der Waals surface area contributed by atoms with Crippen molar-refractivity contribution in [3.8, 4) is 0 Å². The molecule has 0 amide bonds. The largest absolute Gasteiger partial charge is 0.480 e. The number of nitrogens with two attached hydrogens (primary N) is 1. The number of alkyl halides is 1. The zero-order valence-corrected chi connectivity index (χ0v) is 6.00. The van der Waals surface area contributed by atoms with E-state index in [2.05, 4.69) is 17.3 Å². The Morgan fingerprint density at radius 1 is 1.75 bits per heavy atom. The van der Waals surface area contributed by atoms with Crippen LogP contribution in [-0.4, -0.2) is 24.0 Å². The van der Waals surface area contributed by atoms with E-state index in [1.54, 1.807) is 0 Å². The van der Waals surface area contributed by atoms with Crippen molar-refractivity contribution in [2.24, 2.45) is 5.73 Å². The maximum Gasteiger partial charge on any atom is 0.317 e. The number of carboxylic acid groups (broad SMARTS) is 1. The molecule has 0 saturated carbocycles. The first kappa shape index (κ1) is 15.7. The van der Waals surface area contributed by atoms with E-state index in [1.165, 1.54) is 6.38 Å². The standard InChI is InChI=1S/C2H5NO2.CH3Cl.ClH/c3-1-2(4)5;1-2;/h1,3H2,(H,4,5);1H3;1H. The molecular weight excluding hydrogens is 153 g/mol. The molecule has 3 N–H and O–H groups in total. The molecule has 0 radical (unpaired) electrons. The second-order valence-corrected chi connectivity index (χ2v) is 0.598. The van der Waals surface area contributed by atoms with Gasteiger partial charge in [-0.2, -0.15) is 0 Å². The number of rotatable bonds is 1. The fourth-order valence-corrected chi connectivity index (χ4v) is 0. The summed E-state index contributed by atoms with van der Waals surface area (Å²) in [6, 6.07) is 0. The summed E-state index contributed by atoms with van der Waals surface area (Å²) >= 11 is 4.64. The van der Waals surface area contributed by atoms with Gasteiger partial charge >= 0.3 is 5.97 Å². The number of halogens is 2. The lowest BCUT2D eigenvalue weighted by atomic mass is 10.7. The predicted molar refractivity (Wildman–Crippen MR) is 35.7 cm³/mol. The van der Waals surface area contributed by atoms with Crippen LogP contribution in [0.15, 0.2) is 0 Å². The molecule has 0 aliphatic carbocycles. The predicted octanol–water partition coefficient (Wildman–Crippen LogP) is 0.307. The molecule has 0 fully saturated rings. The summed E-state index contributed by atoms with van der Waals surface area (Å²) in [7, 11) is 0. The van der Waals surface area contributed by atoms with Crippen LogP contribution in [0.5, 0.6) is 0 Å². The van der Waals surface area contributed by atoms with Gasteiger partial charge in [-0.05, 0) is 0 Å². The Kier molecular flexibility index (Phi) is 30.9. The molecule has 8 heavy (non-hydrogen) atoms. The van der Waals surface area contributed by atoms with Crippen molar-refractivity contribution in [3.63, 3.8) is 0 Å². The van der Waals surface area contributed by atoms with Crippen molar-refractivity contribution in [2.75, 3.05) is 12.9 Å². The number of carbonyl (C=O) groups is 1. The monoisotopic (exact) mass is 161 g/mol. The quantitative estimate of drug-likeness (QED) is 0.545. The average molecular weight is 162 g/mol. The van der Waals surface area contributed by atoms with Crippen molar-refractivity contribution >= 4 is 30.0 Å². The summed E-state index contributed by atoms with van der Waals surface area (Å²) in [6.45, 7) is -0.278. The van der Waals surface area contributed by atoms with Crippen LogP contribution in [0.2, 0.25) is 0 Å². The zero-order chi connectivity index (χ0) is 6.28. The molecule has 0 aromatic rings. The Morgan fingerprint density at radius 3 is 1.88 bits per heavy atom. The number of hydrogen-bond acceptors (Lipinski definition) is 2. The van der Waals surface area contributed by atoms with Crippen LogP contribution in [0.25, 0.3) is 0 Å².